The summed E-state index contributed by atoms with van der Waals surface area (Å²) in [6.07, 6.45) is 9.31. The Hall–Kier alpha value is -0.780. The zero-order chi connectivity index (χ0) is 14.8. The van der Waals surface area contributed by atoms with Crippen molar-refractivity contribution in [3.05, 3.63) is 18.5 Å². The molecule has 0 saturated heterocycles. The van der Waals surface area contributed by atoms with Crippen LogP contribution in [0.15, 0.2) is 18.5 Å². The fourth-order valence-electron chi connectivity index (χ4n) is 4.10. The fraction of sp³-hybridized carbons (Fsp3) is 0.750. The summed E-state index contributed by atoms with van der Waals surface area (Å²) in [4.78, 5) is 12.5. The number of nitrogens with one attached hydrogen (secondary N) is 1. The zero-order valence-electron chi connectivity index (χ0n) is 13.6. The molecule has 23 heavy (non-hydrogen) atoms. The van der Waals surface area contributed by atoms with Crippen LogP contribution >= 0.6 is 24.8 Å². The quantitative estimate of drug-likeness (QED) is 0.863. The molecular formula is C16H28Cl2N4O. The van der Waals surface area contributed by atoms with E-state index < -0.39 is 0 Å². The molecule has 2 aliphatic rings. The molecule has 5 nitrogen and oxygen atoms in total. The molecule has 2 fully saturated rings. The fourth-order valence-corrected chi connectivity index (χ4v) is 4.10. The van der Waals surface area contributed by atoms with Crippen molar-refractivity contribution in [2.45, 2.75) is 57.7 Å². The van der Waals surface area contributed by atoms with Crippen molar-refractivity contribution in [2.24, 2.45) is 23.5 Å². The maximum absolute atomic E-state index is 12.5. The Labute approximate surface area is 150 Å². The van der Waals surface area contributed by atoms with Crippen molar-refractivity contribution in [3.63, 3.8) is 0 Å². The summed E-state index contributed by atoms with van der Waals surface area (Å²) in [7, 11) is 0. The first-order valence-electron chi connectivity index (χ1n) is 8.17. The van der Waals surface area contributed by atoms with Crippen molar-refractivity contribution in [1.29, 1.82) is 0 Å². The molecule has 132 valence electrons. The first-order chi connectivity index (χ1) is 10.1. The van der Waals surface area contributed by atoms with E-state index in [2.05, 4.69) is 10.4 Å². The van der Waals surface area contributed by atoms with E-state index in [0.717, 1.165) is 19.4 Å². The van der Waals surface area contributed by atoms with Crippen molar-refractivity contribution >= 4 is 30.7 Å². The van der Waals surface area contributed by atoms with Gasteiger partial charge >= 0.3 is 0 Å². The summed E-state index contributed by atoms with van der Waals surface area (Å²) < 4.78 is 1.86. The lowest BCUT2D eigenvalue weighted by Gasteiger charge is -2.43. The van der Waals surface area contributed by atoms with Gasteiger partial charge in [-0.25, -0.2) is 0 Å². The Morgan fingerprint density at radius 1 is 1.35 bits per heavy atom. The zero-order valence-corrected chi connectivity index (χ0v) is 15.2. The first kappa shape index (κ1) is 20.3. The van der Waals surface area contributed by atoms with Gasteiger partial charge in [0.2, 0.25) is 5.91 Å². The number of hydrogen-bond donors (Lipinski definition) is 2. The summed E-state index contributed by atoms with van der Waals surface area (Å²) in [5.74, 6) is 1.46. The van der Waals surface area contributed by atoms with E-state index in [1.807, 2.05) is 23.9 Å². The summed E-state index contributed by atoms with van der Waals surface area (Å²) in [5.41, 5.74) is 6.29. The number of fused-ring (bicyclic) bond motifs is 2. The third kappa shape index (κ3) is 4.85. The molecular weight excluding hydrogens is 335 g/mol. The third-order valence-corrected chi connectivity index (χ3v) is 5.19. The van der Waals surface area contributed by atoms with Crippen LogP contribution < -0.4 is 11.1 Å². The Morgan fingerprint density at radius 2 is 2.00 bits per heavy atom. The van der Waals surface area contributed by atoms with Crippen LogP contribution in [0.3, 0.4) is 0 Å². The van der Waals surface area contributed by atoms with Crippen molar-refractivity contribution < 1.29 is 4.79 Å². The first-order valence-corrected chi connectivity index (χ1v) is 8.17. The Bertz CT molecular complexity index is 468. The molecule has 3 unspecified atom stereocenters. The van der Waals surface area contributed by atoms with Gasteiger partial charge in [0, 0.05) is 30.4 Å². The van der Waals surface area contributed by atoms with Gasteiger partial charge in [-0.05, 0) is 50.5 Å². The maximum Gasteiger partial charge on any atom is 0.223 e. The molecule has 3 N–H and O–H groups in total. The standard InChI is InChI=1S/C16H26N4O.2ClH/c1-11(10-20-7-3-6-18-20)19-16(21)14-8-12-4-2-5-13(9-14)15(12)17;;/h3,6-7,11-15H,2,4-5,8-10,17H2,1H3,(H,19,21);2*1H. The van der Waals surface area contributed by atoms with Crippen LogP contribution in [0.5, 0.6) is 0 Å². The van der Waals surface area contributed by atoms with E-state index in [9.17, 15) is 4.79 Å². The molecule has 3 rings (SSSR count). The molecule has 1 amide bonds. The molecule has 2 aliphatic carbocycles. The molecule has 1 heterocycles. The second-order valence-electron chi connectivity index (χ2n) is 6.83. The number of rotatable bonds is 4. The molecule has 1 aromatic heterocycles. The van der Waals surface area contributed by atoms with Crippen molar-refractivity contribution in [1.82, 2.24) is 15.1 Å². The number of carbonyl (C=O) groups is 1. The van der Waals surface area contributed by atoms with Crippen LogP contribution in [-0.4, -0.2) is 27.8 Å². The Balaban J connectivity index is 0.00000132. The average Bonchev–Trinajstić information content (AvgIpc) is 2.90. The maximum atomic E-state index is 12.5. The van der Waals surface area contributed by atoms with E-state index in [1.54, 1.807) is 6.20 Å². The molecule has 2 saturated carbocycles. The Kier molecular flexibility index (Phi) is 7.84. The van der Waals surface area contributed by atoms with Crippen LogP contribution in [0.25, 0.3) is 0 Å². The van der Waals surface area contributed by atoms with Crippen molar-refractivity contribution in [3.8, 4) is 0 Å². The van der Waals surface area contributed by atoms with Gasteiger partial charge in [0.05, 0.1) is 6.54 Å². The van der Waals surface area contributed by atoms with E-state index in [-0.39, 0.29) is 42.7 Å². The minimum Gasteiger partial charge on any atom is -0.352 e. The van der Waals surface area contributed by atoms with Gasteiger partial charge in [-0.1, -0.05) is 6.42 Å². The molecule has 0 aromatic carbocycles. The van der Waals surface area contributed by atoms with Crippen LogP contribution in [0, 0.1) is 17.8 Å². The highest BCUT2D eigenvalue weighted by molar-refractivity contribution is 5.85. The number of nitrogens with zero attached hydrogens (tertiary/aromatic N) is 2. The normalized spacial score (nSPS) is 30.5. The third-order valence-electron chi connectivity index (χ3n) is 5.19. The second kappa shape index (κ2) is 8.90. The van der Waals surface area contributed by atoms with Gasteiger partial charge in [-0.3, -0.25) is 9.48 Å². The number of hydrogen-bond acceptors (Lipinski definition) is 3. The number of amides is 1. The van der Waals surface area contributed by atoms with Crippen LogP contribution in [0.1, 0.15) is 39.0 Å². The largest absolute Gasteiger partial charge is 0.352 e. The van der Waals surface area contributed by atoms with Gasteiger partial charge < -0.3 is 11.1 Å². The smallest absolute Gasteiger partial charge is 0.223 e. The molecule has 0 radical (unpaired) electrons. The summed E-state index contributed by atoms with van der Waals surface area (Å²) in [5, 5.41) is 7.33. The monoisotopic (exact) mass is 362 g/mol. The SMILES string of the molecule is CC(Cn1cccn1)NC(=O)C1CC2CCCC(C1)C2N.Cl.Cl. The minimum absolute atomic E-state index is 0. The highest BCUT2D eigenvalue weighted by Crippen LogP contribution is 2.41. The van der Waals surface area contributed by atoms with Crippen LogP contribution in [0.2, 0.25) is 0 Å². The topological polar surface area (TPSA) is 72.9 Å². The van der Waals surface area contributed by atoms with Gasteiger partial charge in [0.1, 0.15) is 0 Å². The van der Waals surface area contributed by atoms with Gasteiger partial charge in [-0.2, -0.15) is 5.10 Å². The van der Waals surface area contributed by atoms with E-state index in [1.165, 1.54) is 19.3 Å². The van der Waals surface area contributed by atoms with Crippen LogP contribution in [0.4, 0.5) is 0 Å². The lowest BCUT2D eigenvalue weighted by Crippen LogP contribution is -2.50. The van der Waals surface area contributed by atoms with Crippen molar-refractivity contribution in [2.75, 3.05) is 0 Å². The second-order valence-corrected chi connectivity index (χ2v) is 6.83. The van der Waals surface area contributed by atoms with E-state index >= 15 is 0 Å². The number of carbonyl (C=O) groups excluding carboxylic acids is 1. The number of nitrogens with two attached hydrogens (primary N) is 1. The average molecular weight is 363 g/mol. The summed E-state index contributed by atoms with van der Waals surface area (Å²) in [6, 6.07) is 2.33. The number of aromatic nitrogens is 2. The molecule has 0 spiro atoms. The molecule has 3 atom stereocenters. The highest BCUT2D eigenvalue weighted by atomic mass is 35.5. The lowest BCUT2D eigenvalue weighted by atomic mass is 9.65. The highest BCUT2D eigenvalue weighted by Gasteiger charge is 2.40. The number of halogens is 2. The van der Waals surface area contributed by atoms with Crippen LogP contribution in [-0.2, 0) is 11.3 Å². The molecule has 1 aromatic rings. The summed E-state index contributed by atoms with van der Waals surface area (Å²) >= 11 is 0. The molecule has 7 heteroatoms. The predicted molar refractivity (Wildman–Crippen MR) is 95.9 cm³/mol. The predicted octanol–water partition coefficient (Wildman–Crippen LogP) is 2.38. The molecule has 2 bridgehead atoms. The molecule has 0 aliphatic heterocycles. The van der Waals surface area contributed by atoms with Gasteiger partial charge in [-0.15, -0.1) is 24.8 Å². The van der Waals surface area contributed by atoms with E-state index in [4.69, 9.17) is 5.73 Å². The van der Waals surface area contributed by atoms with Gasteiger partial charge in [0.25, 0.3) is 0 Å². The lowest BCUT2D eigenvalue weighted by molar-refractivity contribution is -0.128. The van der Waals surface area contributed by atoms with E-state index in [0.29, 0.717) is 17.9 Å². The summed E-state index contributed by atoms with van der Waals surface area (Å²) in [6.45, 7) is 2.76. The minimum atomic E-state index is 0. The Morgan fingerprint density at radius 3 is 2.57 bits per heavy atom. The van der Waals surface area contributed by atoms with Gasteiger partial charge in [0.15, 0.2) is 0 Å².